The summed E-state index contributed by atoms with van der Waals surface area (Å²) in [6.45, 7) is 1.89. The van der Waals surface area contributed by atoms with Crippen LogP contribution in [0.3, 0.4) is 0 Å². The SMILES string of the molecule is COc1cc(Cl)ccc1-c1nc(C)c(I)c(Cl)n1. The molecular formula is C12H9Cl2IN2O. The Balaban J connectivity index is 2.62. The van der Waals surface area contributed by atoms with Crippen LogP contribution in [0.2, 0.25) is 10.2 Å². The first-order valence-corrected chi connectivity index (χ1v) is 6.90. The van der Waals surface area contributed by atoms with Crippen molar-refractivity contribution < 1.29 is 4.74 Å². The Morgan fingerprint density at radius 1 is 1.22 bits per heavy atom. The number of methoxy groups -OCH3 is 1. The van der Waals surface area contributed by atoms with Crippen molar-refractivity contribution >= 4 is 45.8 Å². The molecule has 3 nitrogen and oxygen atoms in total. The normalized spacial score (nSPS) is 10.5. The van der Waals surface area contributed by atoms with Gasteiger partial charge in [-0.25, -0.2) is 9.97 Å². The minimum Gasteiger partial charge on any atom is -0.496 e. The van der Waals surface area contributed by atoms with E-state index in [1.807, 2.05) is 13.0 Å². The van der Waals surface area contributed by atoms with Crippen LogP contribution in [0.1, 0.15) is 5.69 Å². The average molecular weight is 395 g/mol. The van der Waals surface area contributed by atoms with E-state index in [2.05, 4.69) is 32.6 Å². The molecule has 0 atom stereocenters. The third-order valence-corrected chi connectivity index (χ3v) is 4.50. The average Bonchev–Trinajstić information content (AvgIpc) is 2.35. The molecule has 94 valence electrons. The molecule has 0 bridgehead atoms. The minimum absolute atomic E-state index is 0.440. The van der Waals surface area contributed by atoms with Gasteiger partial charge < -0.3 is 4.74 Å². The molecule has 0 aliphatic carbocycles. The molecule has 18 heavy (non-hydrogen) atoms. The van der Waals surface area contributed by atoms with Gasteiger partial charge in [0, 0.05) is 5.02 Å². The van der Waals surface area contributed by atoms with E-state index in [-0.39, 0.29) is 0 Å². The molecule has 0 N–H and O–H groups in total. The second-order valence-corrected chi connectivity index (χ2v) is 5.46. The standard InChI is InChI=1S/C12H9Cl2IN2O/c1-6-10(15)11(14)17-12(16-6)8-4-3-7(13)5-9(8)18-2/h3-5H,1-2H3. The fourth-order valence-corrected chi connectivity index (χ4v) is 2.11. The Kier molecular flexibility index (Phi) is 4.29. The summed E-state index contributed by atoms with van der Waals surface area (Å²) in [6, 6.07) is 5.31. The number of hydrogen-bond donors (Lipinski definition) is 0. The molecule has 2 rings (SSSR count). The van der Waals surface area contributed by atoms with Crippen molar-refractivity contribution in [2.45, 2.75) is 6.92 Å². The van der Waals surface area contributed by atoms with Gasteiger partial charge >= 0.3 is 0 Å². The van der Waals surface area contributed by atoms with Crippen molar-refractivity contribution in [2.24, 2.45) is 0 Å². The lowest BCUT2D eigenvalue weighted by atomic mass is 10.2. The maximum atomic E-state index is 6.07. The van der Waals surface area contributed by atoms with Crippen LogP contribution < -0.4 is 4.74 Å². The van der Waals surface area contributed by atoms with Crippen molar-refractivity contribution in [3.8, 4) is 17.1 Å². The second kappa shape index (κ2) is 5.59. The fourth-order valence-electron chi connectivity index (χ4n) is 1.49. The van der Waals surface area contributed by atoms with Crippen molar-refractivity contribution in [2.75, 3.05) is 7.11 Å². The Hall–Kier alpha value is -0.590. The van der Waals surface area contributed by atoms with Gasteiger partial charge in [-0.2, -0.15) is 0 Å². The minimum atomic E-state index is 0.440. The van der Waals surface area contributed by atoms with Crippen molar-refractivity contribution in [3.05, 3.63) is 37.6 Å². The van der Waals surface area contributed by atoms with Gasteiger partial charge in [0.15, 0.2) is 5.82 Å². The van der Waals surface area contributed by atoms with Gasteiger partial charge in [-0.1, -0.05) is 23.2 Å². The molecule has 0 radical (unpaired) electrons. The smallest absolute Gasteiger partial charge is 0.164 e. The molecule has 6 heteroatoms. The molecule has 1 aromatic carbocycles. The van der Waals surface area contributed by atoms with Gasteiger partial charge in [0.2, 0.25) is 0 Å². The largest absolute Gasteiger partial charge is 0.496 e. The zero-order valence-corrected chi connectivity index (χ0v) is 13.3. The van der Waals surface area contributed by atoms with Gasteiger partial charge in [-0.05, 0) is 47.7 Å². The van der Waals surface area contributed by atoms with E-state index in [1.165, 1.54) is 0 Å². The lowest BCUT2D eigenvalue weighted by Crippen LogP contribution is -1.98. The van der Waals surface area contributed by atoms with Crippen LogP contribution in [-0.2, 0) is 0 Å². The quantitative estimate of drug-likeness (QED) is 0.560. The number of hydrogen-bond acceptors (Lipinski definition) is 3. The van der Waals surface area contributed by atoms with E-state index in [9.17, 15) is 0 Å². The summed E-state index contributed by atoms with van der Waals surface area (Å²) in [5.41, 5.74) is 1.60. The van der Waals surface area contributed by atoms with Gasteiger partial charge in [-0.3, -0.25) is 0 Å². The summed E-state index contributed by atoms with van der Waals surface area (Å²) >= 11 is 14.1. The fraction of sp³-hybridized carbons (Fsp3) is 0.167. The van der Waals surface area contributed by atoms with Gasteiger partial charge in [0.05, 0.1) is 21.9 Å². The van der Waals surface area contributed by atoms with Crippen molar-refractivity contribution in [1.82, 2.24) is 9.97 Å². The lowest BCUT2D eigenvalue weighted by molar-refractivity contribution is 0.416. The maximum Gasteiger partial charge on any atom is 0.164 e. The maximum absolute atomic E-state index is 6.07. The summed E-state index contributed by atoms with van der Waals surface area (Å²) < 4.78 is 6.13. The molecule has 0 aliphatic heterocycles. The number of aryl methyl sites for hydroxylation is 1. The zero-order chi connectivity index (χ0) is 13.3. The molecular weight excluding hydrogens is 386 g/mol. The summed E-state index contributed by atoms with van der Waals surface area (Å²) in [5, 5.41) is 1.04. The lowest BCUT2D eigenvalue weighted by Gasteiger charge is -2.09. The molecule has 1 heterocycles. The highest BCUT2D eigenvalue weighted by Gasteiger charge is 2.13. The first kappa shape index (κ1) is 13.8. The van der Waals surface area contributed by atoms with E-state index >= 15 is 0 Å². The first-order valence-electron chi connectivity index (χ1n) is 5.06. The number of aromatic nitrogens is 2. The Labute approximate surface area is 129 Å². The van der Waals surface area contributed by atoms with E-state index in [0.29, 0.717) is 21.7 Å². The van der Waals surface area contributed by atoms with Crippen LogP contribution in [0.15, 0.2) is 18.2 Å². The number of nitrogens with zero attached hydrogens (tertiary/aromatic N) is 2. The van der Waals surface area contributed by atoms with E-state index < -0.39 is 0 Å². The predicted octanol–water partition coefficient (Wildman–Crippen LogP) is 4.37. The van der Waals surface area contributed by atoms with Crippen LogP contribution in [0, 0.1) is 10.5 Å². The summed E-state index contributed by atoms with van der Waals surface area (Å²) in [7, 11) is 1.58. The molecule has 0 fully saturated rings. The topological polar surface area (TPSA) is 35.0 Å². The van der Waals surface area contributed by atoms with Crippen LogP contribution in [0.5, 0.6) is 5.75 Å². The summed E-state index contributed by atoms with van der Waals surface area (Å²) in [6.07, 6.45) is 0. The van der Waals surface area contributed by atoms with Gasteiger partial charge in [0.25, 0.3) is 0 Å². The highest BCUT2D eigenvalue weighted by atomic mass is 127. The summed E-state index contributed by atoms with van der Waals surface area (Å²) in [4.78, 5) is 8.68. The molecule has 0 saturated heterocycles. The van der Waals surface area contributed by atoms with Crippen molar-refractivity contribution in [1.29, 1.82) is 0 Å². The molecule has 0 aliphatic rings. The molecule has 0 amide bonds. The zero-order valence-electron chi connectivity index (χ0n) is 9.67. The van der Waals surface area contributed by atoms with Gasteiger partial charge in [0.1, 0.15) is 10.9 Å². The number of ether oxygens (including phenoxy) is 1. The highest BCUT2D eigenvalue weighted by Crippen LogP contribution is 2.32. The molecule has 0 saturated carbocycles. The van der Waals surface area contributed by atoms with E-state index in [1.54, 1.807) is 19.2 Å². The molecule has 0 unspecified atom stereocenters. The van der Waals surface area contributed by atoms with Gasteiger partial charge in [-0.15, -0.1) is 0 Å². The first-order chi connectivity index (χ1) is 8.52. The molecule has 1 aromatic heterocycles. The van der Waals surface area contributed by atoms with E-state index in [0.717, 1.165) is 14.8 Å². The third kappa shape index (κ3) is 2.70. The monoisotopic (exact) mass is 394 g/mol. The summed E-state index contributed by atoms with van der Waals surface area (Å²) in [5.74, 6) is 1.16. The van der Waals surface area contributed by atoms with Crippen LogP contribution >= 0.6 is 45.8 Å². The predicted molar refractivity (Wildman–Crippen MR) is 81.5 cm³/mol. The third-order valence-electron chi connectivity index (χ3n) is 2.38. The van der Waals surface area contributed by atoms with E-state index in [4.69, 9.17) is 27.9 Å². The van der Waals surface area contributed by atoms with Crippen LogP contribution in [0.4, 0.5) is 0 Å². The Bertz CT molecular complexity index is 582. The van der Waals surface area contributed by atoms with Crippen LogP contribution in [0.25, 0.3) is 11.4 Å². The number of rotatable bonds is 2. The van der Waals surface area contributed by atoms with Crippen LogP contribution in [-0.4, -0.2) is 17.1 Å². The highest BCUT2D eigenvalue weighted by molar-refractivity contribution is 14.1. The number of halogens is 3. The molecule has 2 aromatic rings. The Morgan fingerprint density at radius 2 is 1.94 bits per heavy atom. The van der Waals surface area contributed by atoms with Crippen molar-refractivity contribution in [3.63, 3.8) is 0 Å². The Morgan fingerprint density at radius 3 is 2.56 bits per heavy atom. The number of benzene rings is 1. The second-order valence-electron chi connectivity index (χ2n) is 3.58. The molecule has 0 spiro atoms.